The first-order chi connectivity index (χ1) is 22.2. The summed E-state index contributed by atoms with van der Waals surface area (Å²) in [5.74, 6) is 0.684. The zero-order valence-electron chi connectivity index (χ0n) is 25.6. The van der Waals surface area contributed by atoms with Gasteiger partial charge in [-0.2, -0.15) is 0 Å². The second kappa shape index (κ2) is 14.6. The normalized spacial score (nSPS) is 11.1. The molecular weight excluding hydrogens is 556 g/mol. The summed E-state index contributed by atoms with van der Waals surface area (Å²) < 4.78 is 5.96. The van der Waals surface area contributed by atoms with Gasteiger partial charge in [0.2, 0.25) is 0 Å². The molecule has 6 aromatic rings. The number of ether oxygens (including phenoxy) is 1. The maximum Gasteiger partial charge on any atom is 0.265 e. The number of hydrogen-bond acceptors (Lipinski definition) is 5. The van der Waals surface area contributed by atoms with Gasteiger partial charge in [0.15, 0.2) is 0 Å². The van der Waals surface area contributed by atoms with Gasteiger partial charge >= 0.3 is 0 Å². The molecule has 0 saturated carbocycles. The third kappa shape index (κ3) is 7.54. The summed E-state index contributed by atoms with van der Waals surface area (Å²) in [4.78, 5) is 23.0. The minimum Gasteiger partial charge on any atom is -0.494 e. The molecule has 0 saturated heterocycles. The van der Waals surface area contributed by atoms with Crippen molar-refractivity contribution in [2.75, 3.05) is 6.61 Å². The Bertz CT molecular complexity index is 1890. The largest absolute Gasteiger partial charge is 0.494 e. The maximum absolute atomic E-state index is 12.9. The number of hydrazine groups is 1. The Hall–Kier alpha value is -5.07. The lowest BCUT2D eigenvalue weighted by molar-refractivity contribution is 0.0932. The van der Waals surface area contributed by atoms with E-state index in [9.17, 15) is 4.79 Å². The van der Waals surface area contributed by atoms with Crippen LogP contribution in [0.4, 0.5) is 0 Å². The molecule has 0 unspecified atom stereocenters. The third-order valence-corrected chi connectivity index (χ3v) is 7.94. The quantitative estimate of drug-likeness (QED) is 0.0793. The molecule has 0 aliphatic rings. The molecule has 0 radical (unpaired) electrons. The first-order valence-electron chi connectivity index (χ1n) is 15.8. The fourth-order valence-corrected chi connectivity index (χ4v) is 5.42. The van der Waals surface area contributed by atoms with Crippen LogP contribution >= 0.6 is 0 Å². The number of hydrogen-bond donors (Lipinski definition) is 2. The van der Waals surface area contributed by atoms with Crippen molar-refractivity contribution >= 4 is 27.7 Å². The van der Waals surface area contributed by atoms with Gasteiger partial charge < -0.3 is 4.74 Å². The molecule has 2 aromatic heterocycles. The molecule has 4 aromatic carbocycles. The van der Waals surface area contributed by atoms with Crippen molar-refractivity contribution in [3.63, 3.8) is 0 Å². The fraction of sp³-hybridized carbons (Fsp3) is 0.205. The molecule has 2 heterocycles. The molecule has 0 atom stereocenters. The predicted octanol–water partition coefficient (Wildman–Crippen LogP) is 8.90. The number of carbonyl (C=O) groups is 1. The van der Waals surface area contributed by atoms with Crippen LogP contribution in [-0.2, 0) is 6.54 Å². The number of nitrogens with one attached hydrogen (secondary N) is 2. The second-order valence-electron chi connectivity index (χ2n) is 11.3. The van der Waals surface area contributed by atoms with Crippen molar-refractivity contribution in [3.8, 4) is 28.3 Å². The molecule has 6 nitrogen and oxygen atoms in total. The molecule has 0 aliphatic carbocycles. The lowest BCUT2D eigenvalue weighted by Gasteiger charge is -2.10. The topological polar surface area (TPSA) is 76.1 Å². The molecule has 0 fully saturated rings. The number of carbonyl (C=O) groups excluding carboxylic acids is 1. The van der Waals surface area contributed by atoms with Crippen molar-refractivity contribution in [1.82, 2.24) is 20.8 Å². The van der Waals surface area contributed by atoms with E-state index in [1.165, 1.54) is 25.7 Å². The van der Waals surface area contributed by atoms with Crippen molar-refractivity contribution in [3.05, 3.63) is 126 Å². The number of pyridine rings is 2. The van der Waals surface area contributed by atoms with Crippen LogP contribution in [0.15, 0.2) is 115 Å². The monoisotopic (exact) mass is 594 g/mol. The summed E-state index contributed by atoms with van der Waals surface area (Å²) in [6, 6.07) is 38.0. The van der Waals surface area contributed by atoms with Gasteiger partial charge in [0.25, 0.3) is 5.91 Å². The van der Waals surface area contributed by atoms with Crippen LogP contribution in [-0.4, -0.2) is 22.5 Å². The van der Waals surface area contributed by atoms with E-state index in [1.54, 1.807) is 6.07 Å². The summed E-state index contributed by atoms with van der Waals surface area (Å²) in [5.41, 5.74) is 12.7. The Morgan fingerprint density at radius 2 is 1.33 bits per heavy atom. The summed E-state index contributed by atoms with van der Waals surface area (Å²) in [7, 11) is 0. The zero-order chi connectivity index (χ0) is 30.8. The van der Waals surface area contributed by atoms with E-state index in [2.05, 4.69) is 60.2 Å². The lowest BCUT2D eigenvalue weighted by atomic mass is 10.0. The number of benzene rings is 4. The highest BCUT2D eigenvalue weighted by molar-refractivity contribution is 6.04. The Balaban J connectivity index is 1.19. The number of amides is 1. The van der Waals surface area contributed by atoms with Crippen molar-refractivity contribution < 1.29 is 9.53 Å². The summed E-state index contributed by atoms with van der Waals surface area (Å²) in [5, 5.41) is 2.04. The molecule has 0 aliphatic heterocycles. The molecular formula is C39H38N4O2. The SMILES string of the molecule is CCCCCCCOc1ccc(-c2ccc3ccc4ccc(-c5cccc(C(=O)NNCc6ccccc6)c5)nc4c3n2)cc1. The van der Waals surface area contributed by atoms with Gasteiger partial charge in [-0.3, -0.25) is 10.2 Å². The Kier molecular flexibility index (Phi) is 9.73. The fourth-order valence-electron chi connectivity index (χ4n) is 5.42. The second-order valence-corrected chi connectivity index (χ2v) is 11.3. The predicted molar refractivity (Wildman–Crippen MR) is 183 cm³/mol. The van der Waals surface area contributed by atoms with Crippen molar-refractivity contribution in [1.29, 1.82) is 0 Å². The van der Waals surface area contributed by atoms with Crippen LogP contribution in [0, 0.1) is 0 Å². The minimum absolute atomic E-state index is 0.200. The molecule has 0 bridgehead atoms. The van der Waals surface area contributed by atoms with Gasteiger partial charge in [-0.25, -0.2) is 15.4 Å². The number of aromatic nitrogens is 2. The van der Waals surface area contributed by atoms with E-state index >= 15 is 0 Å². The highest BCUT2D eigenvalue weighted by Crippen LogP contribution is 2.29. The molecule has 1 amide bonds. The van der Waals surface area contributed by atoms with Crippen LogP contribution in [0.3, 0.4) is 0 Å². The first kappa shape index (κ1) is 30.0. The Labute approximate surface area is 264 Å². The van der Waals surface area contributed by atoms with E-state index < -0.39 is 0 Å². The van der Waals surface area contributed by atoms with E-state index in [4.69, 9.17) is 14.7 Å². The van der Waals surface area contributed by atoms with E-state index in [-0.39, 0.29) is 5.91 Å². The first-order valence-corrected chi connectivity index (χ1v) is 15.8. The van der Waals surface area contributed by atoms with Gasteiger partial charge in [0, 0.05) is 34.0 Å². The smallest absolute Gasteiger partial charge is 0.265 e. The van der Waals surface area contributed by atoms with Gasteiger partial charge in [0.05, 0.1) is 29.0 Å². The molecule has 6 rings (SSSR count). The highest BCUT2D eigenvalue weighted by Gasteiger charge is 2.11. The van der Waals surface area contributed by atoms with Crippen LogP contribution in [0.2, 0.25) is 0 Å². The lowest BCUT2D eigenvalue weighted by Crippen LogP contribution is -2.36. The van der Waals surface area contributed by atoms with Crippen LogP contribution in [0.25, 0.3) is 44.3 Å². The zero-order valence-corrected chi connectivity index (χ0v) is 25.6. The molecule has 2 N–H and O–H groups in total. The molecule has 45 heavy (non-hydrogen) atoms. The van der Waals surface area contributed by atoms with Gasteiger partial charge in [0.1, 0.15) is 5.75 Å². The Morgan fingerprint density at radius 3 is 2.04 bits per heavy atom. The van der Waals surface area contributed by atoms with Gasteiger partial charge in [-0.05, 0) is 60.5 Å². The van der Waals surface area contributed by atoms with Gasteiger partial charge in [-0.15, -0.1) is 0 Å². The highest BCUT2D eigenvalue weighted by atomic mass is 16.5. The number of rotatable bonds is 13. The third-order valence-electron chi connectivity index (χ3n) is 7.94. The molecule has 6 heteroatoms. The van der Waals surface area contributed by atoms with Gasteiger partial charge in [-0.1, -0.05) is 99.3 Å². The summed E-state index contributed by atoms with van der Waals surface area (Å²) >= 11 is 0. The summed E-state index contributed by atoms with van der Waals surface area (Å²) in [6.07, 6.45) is 6.11. The number of fused-ring (bicyclic) bond motifs is 3. The maximum atomic E-state index is 12.9. The van der Waals surface area contributed by atoms with E-state index in [0.717, 1.165) is 68.7 Å². The molecule has 0 spiro atoms. The average Bonchev–Trinajstić information content (AvgIpc) is 3.10. The van der Waals surface area contributed by atoms with E-state index in [1.807, 2.05) is 66.7 Å². The van der Waals surface area contributed by atoms with E-state index in [0.29, 0.717) is 12.1 Å². The van der Waals surface area contributed by atoms with Crippen LogP contribution < -0.4 is 15.6 Å². The average molecular weight is 595 g/mol. The standard InChI is InChI=1S/C39H38N4O2/c1-2-3-4-5-9-25-45-34-21-17-29(18-22-34)35-23-19-30-15-16-31-20-24-36(42-38(31)37(30)41-35)32-13-10-14-33(26-32)39(44)43-40-27-28-11-7-6-8-12-28/h6-8,10-24,26,40H,2-5,9,25,27H2,1H3,(H,43,44). The van der Waals surface area contributed by atoms with Crippen LogP contribution in [0.5, 0.6) is 5.75 Å². The number of nitrogens with zero attached hydrogens (tertiary/aromatic N) is 2. The Morgan fingerprint density at radius 1 is 0.667 bits per heavy atom. The number of unbranched alkanes of at least 4 members (excludes halogenated alkanes) is 4. The molecule has 226 valence electrons. The minimum atomic E-state index is -0.200. The van der Waals surface area contributed by atoms with Crippen LogP contribution in [0.1, 0.15) is 54.9 Å². The summed E-state index contributed by atoms with van der Waals surface area (Å²) in [6.45, 7) is 3.52. The van der Waals surface area contributed by atoms with Crippen molar-refractivity contribution in [2.45, 2.75) is 45.6 Å². The van der Waals surface area contributed by atoms with Crippen molar-refractivity contribution in [2.24, 2.45) is 0 Å².